The molecule has 0 aromatic heterocycles. The van der Waals surface area contributed by atoms with Crippen molar-refractivity contribution in [3.8, 4) is 5.75 Å². The van der Waals surface area contributed by atoms with Crippen LogP contribution in [-0.4, -0.2) is 16.8 Å². The molecule has 0 aliphatic rings. The van der Waals surface area contributed by atoms with E-state index in [2.05, 4.69) is 0 Å². The van der Waals surface area contributed by atoms with Gasteiger partial charge < -0.3 is 14.9 Å². The molecule has 2 rings (SSSR count). The highest BCUT2D eigenvalue weighted by Gasteiger charge is 2.24. The second kappa shape index (κ2) is 6.24. The number of ether oxygens (including phenoxy) is 1. The van der Waals surface area contributed by atoms with E-state index < -0.39 is 17.5 Å². The average molecular weight is 290 g/mol. The largest absolute Gasteiger partial charge is 0.487 e. The minimum Gasteiger partial charge on any atom is -0.487 e. The van der Waals surface area contributed by atoms with Crippen molar-refractivity contribution in [3.63, 3.8) is 0 Å². The molecule has 3 nitrogen and oxygen atoms in total. The molecule has 0 fully saturated rings. The van der Waals surface area contributed by atoms with E-state index in [9.17, 15) is 14.6 Å². The standard InChI is InChI=1S/C17H19FO3/c1-12(19)13-8-9-16(15(18)10-13)21-11-17(2,20)14-6-4-3-5-7-14/h3-10,12,19-20H,11H2,1-2H3/t12-,17?/m0/s1. The maximum absolute atomic E-state index is 13.9. The fourth-order valence-corrected chi connectivity index (χ4v) is 1.99. The van der Waals surface area contributed by atoms with Gasteiger partial charge in [-0.05, 0) is 37.1 Å². The van der Waals surface area contributed by atoms with Gasteiger partial charge in [0.15, 0.2) is 11.6 Å². The van der Waals surface area contributed by atoms with Crippen LogP contribution in [0.25, 0.3) is 0 Å². The van der Waals surface area contributed by atoms with Gasteiger partial charge in [-0.3, -0.25) is 0 Å². The molecule has 1 unspecified atom stereocenters. The Morgan fingerprint density at radius 1 is 1.19 bits per heavy atom. The molecule has 4 heteroatoms. The molecule has 0 aliphatic carbocycles. The topological polar surface area (TPSA) is 49.7 Å². The van der Waals surface area contributed by atoms with Crippen molar-refractivity contribution in [2.24, 2.45) is 0 Å². The summed E-state index contributed by atoms with van der Waals surface area (Å²) in [5.74, 6) is -0.507. The van der Waals surface area contributed by atoms with Gasteiger partial charge in [0.2, 0.25) is 0 Å². The first-order valence-electron chi connectivity index (χ1n) is 6.78. The Hall–Kier alpha value is -1.91. The van der Waals surface area contributed by atoms with Crippen molar-refractivity contribution >= 4 is 0 Å². The summed E-state index contributed by atoms with van der Waals surface area (Å²) in [6.45, 7) is 3.11. The predicted molar refractivity (Wildman–Crippen MR) is 78.5 cm³/mol. The normalized spacial score (nSPS) is 15.3. The van der Waals surface area contributed by atoms with Crippen LogP contribution >= 0.6 is 0 Å². The van der Waals surface area contributed by atoms with Crippen LogP contribution in [0.15, 0.2) is 48.5 Å². The maximum atomic E-state index is 13.9. The zero-order valence-electron chi connectivity index (χ0n) is 12.1. The Bertz CT molecular complexity index is 594. The van der Waals surface area contributed by atoms with E-state index in [-0.39, 0.29) is 12.4 Å². The first kappa shape index (κ1) is 15.5. The highest BCUT2D eigenvalue weighted by Crippen LogP contribution is 2.25. The Morgan fingerprint density at radius 2 is 1.86 bits per heavy atom. The number of hydrogen-bond acceptors (Lipinski definition) is 3. The molecule has 0 amide bonds. The molecule has 2 N–H and O–H groups in total. The van der Waals surface area contributed by atoms with Gasteiger partial charge in [-0.2, -0.15) is 0 Å². The highest BCUT2D eigenvalue weighted by atomic mass is 19.1. The van der Waals surface area contributed by atoms with Gasteiger partial charge in [-0.1, -0.05) is 36.4 Å². The van der Waals surface area contributed by atoms with Crippen molar-refractivity contribution in [2.75, 3.05) is 6.61 Å². The summed E-state index contributed by atoms with van der Waals surface area (Å²) in [5, 5.41) is 19.8. The van der Waals surface area contributed by atoms with Gasteiger partial charge in [0.1, 0.15) is 12.2 Å². The van der Waals surface area contributed by atoms with Crippen LogP contribution in [0.5, 0.6) is 5.75 Å². The van der Waals surface area contributed by atoms with E-state index in [1.165, 1.54) is 12.1 Å². The lowest BCUT2D eigenvalue weighted by Crippen LogP contribution is -2.29. The summed E-state index contributed by atoms with van der Waals surface area (Å²) in [7, 11) is 0. The molecule has 2 aromatic carbocycles. The molecule has 0 spiro atoms. The Morgan fingerprint density at radius 3 is 2.43 bits per heavy atom. The van der Waals surface area contributed by atoms with Crippen molar-refractivity contribution in [1.82, 2.24) is 0 Å². The number of hydrogen-bond donors (Lipinski definition) is 2. The third kappa shape index (κ3) is 3.80. The number of benzene rings is 2. The van der Waals surface area contributed by atoms with Crippen LogP contribution in [0.2, 0.25) is 0 Å². The van der Waals surface area contributed by atoms with Crippen molar-refractivity contribution in [2.45, 2.75) is 25.6 Å². The number of halogens is 1. The predicted octanol–water partition coefficient (Wildman–Crippen LogP) is 3.17. The fourth-order valence-electron chi connectivity index (χ4n) is 1.99. The van der Waals surface area contributed by atoms with Gasteiger partial charge in [-0.25, -0.2) is 4.39 Å². The quantitative estimate of drug-likeness (QED) is 0.889. The van der Waals surface area contributed by atoms with E-state index >= 15 is 0 Å². The number of aliphatic hydroxyl groups is 2. The van der Waals surface area contributed by atoms with Crippen LogP contribution in [0, 0.1) is 5.82 Å². The lowest BCUT2D eigenvalue weighted by molar-refractivity contribution is 0.00640. The molecule has 112 valence electrons. The highest BCUT2D eigenvalue weighted by molar-refractivity contribution is 5.31. The van der Waals surface area contributed by atoms with E-state index in [0.717, 1.165) is 0 Å². The molecule has 0 aliphatic heterocycles. The molecule has 0 saturated carbocycles. The average Bonchev–Trinajstić information content (AvgIpc) is 2.46. The number of aliphatic hydroxyl groups excluding tert-OH is 1. The molecular weight excluding hydrogens is 271 g/mol. The Labute approximate surface area is 123 Å². The summed E-state index contributed by atoms with van der Waals surface area (Å²) in [5.41, 5.74) is -0.0305. The van der Waals surface area contributed by atoms with Crippen LogP contribution in [0.3, 0.4) is 0 Å². The van der Waals surface area contributed by atoms with E-state index in [4.69, 9.17) is 4.74 Å². The second-order valence-electron chi connectivity index (χ2n) is 5.29. The molecule has 0 saturated heterocycles. The van der Waals surface area contributed by atoms with E-state index in [0.29, 0.717) is 11.1 Å². The molecule has 2 aromatic rings. The van der Waals surface area contributed by atoms with Crippen molar-refractivity contribution in [3.05, 3.63) is 65.5 Å². The summed E-state index contributed by atoms with van der Waals surface area (Å²) in [6.07, 6.45) is -0.735. The second-order valence-corrected chi connectivity index (χ2v) is 5.29. The zero-order chi connectivity index (χ0) is 15.5. The van der Waals surface area contributed by atoms with Crippen LogP contribution in [0.4, 0.5) is 4.39 Å². The molecule has 0 heterocycles. The van der Waals surface area contributed by atoms with Gasteiger partial charge in [-0.15, -0.1) is 0 Å². The van der Waals surface area contributed by atoms with Gasteiger partial charge >= 0.3 is 0 Å². The maximum Gasteiger partial charge on any atom is 0.165 e. The monoisotopic (exact) mass is 290 g/mol. The lowest BCUT2D eigenvalue weighted by atomic mass is 9.97. The van der Waals surface area contributed by atoms with E-state index in [1.807, 2.05) is 18.2 Å². The first-order valence-corrected chi connectivity index (χ1v) is 6.78. The smallest absolute Gasteiger partial charge is 0.165 e. The first-order chi connectivity index (χ1) is 9.90. The molecular formula is C17H19FO3. The molecule has 2 atom stereocenters. The molecule has 0 radical (unpaired) electrons. The van der Waals surface area contributed by atoms with Gasteiger partial charge in [0.05, 0.1) is 6.10 Å². The van der Waals surface area contributed by atoms with E-state index in [1.54, 1.807) is 32.0 Å². The van der Waals surface area contributed by atoms with Gasteiger partial charge in [0, 0.05) is 0 Å². The van der Waals surface area contributed by atoms with Crippen molar-refractivity contribution in [1.29, 1.82) is 0 Å². The minimum atomic E-state index is -1.21. The third-order valence-corrected chi connectivity index (χ3v) is 3.34. The summed E-state index contributed by atoms with van der Waals surface area (Å²) >= 11 is 0. The third-order valence-electron chi connectivity index (χ3n) is 3.34. The minimum absolute atomic E-state index is 0.0515. The zero-order valence-corrected chi connectivity index (χ0v) is 12.1. The van der Waals surface area contributed by atoms with Crippen LogP contribution < -0.4 is 4.74 Å². The Balaban J connectivity index is 2.09. The summed E-state index contributed by atoms with van der Waals surface area (Å²) in [6, 6.07) is 13.4. The molecule has 0 bridgehead atoms. The summed E-state index contributed by atoms with van der Waals surface area (Å²) < 4.78 is 19.3. The summed E-state index contributed by atoms with van der Waals surface area (Å²) in [4.78, 5) is 0. The van der Waals surface area contributed by atoms with Crippen LogP contribution in [0.1, 0.15) is 31.1 Å². The molecule has 21 heavy (non-hydrogen) atoms. The Kier molecular flexibility index (Phi) is 4.60. The lowest BCUT2D eigenvalue weighted by Gasteiger charge is -2.24. The van der Waals surface area contributed by atoms with Crippen LogP contribution in [-0.2, 0) is 5.60 Å². The fraction of sp³-hybridized carbons (Fsp3) is 0.294. The van der Waals surface area contributed by atoms with Gasteiger partial charge in [0.25, 0.3) is 0 Å². The number of rotatable bonds is 5. The SMILES string of the molecule is C[C@H](O)c1ccc(OCC(C)(O)c2ccccc2)c(F)c1. The van der Waals surface area contributed by atoms with Crippen molar-refractivity contribution < 1.29 is 19.3 Å².